The van der Waals surface area contributed by atoms with E-state index in [0.29, 0.717) is 18.7 Å². The van der Waals surface area contributed by atoms with Crippen molar-refractivity contribution < 1.29 is 4.79 Å². The Kier molecular flexibility index (Phi) is 3.34. The predicted molar refractivity (Wildman–Crippen MR) is 76.0 cm³/mol. The van der Waals surface area contributed by atoms with Crippen LogP contribution in [-0.2, 0) is 0 Å². The van der Waals surface area contributed by atoms with Gasteiger partial charge in [0.1, 0.15) is 0 Å². The molecule has 20 heavy (non-hydrogen) atoms. The Balaban J connectivity index is 1.81. The molecule has 1 saturated heterocycles. The first-order valence-corrected chi connectivity index (χ1v) is 6.81. The zero-order valence-corrected chi connectivity index (χ0v) is 11.1. The summed E-state index contributed by atoms with van der Waals surface area (Å²) in [6, 6.07) is 11.7. The van der Waals surface area contributed by atoms with E-state index in [1.807, 2.05) is 35.2 Å². The first kappa shape index (κ1) is 12.6. The van der Waals surface area contributed by atoms with Crippen LogP contribution in [0.2, 0.25) is 0 Å². The van der Waals surface area contributed by atoms with Crippen molar-refractivity contribution in [3.05, 3.63) is 42.1 Å². The van der Waals surface area contributed by atoms with E-state index >= 15 is 0 Å². The van der Waals surface area contributed by atoms with Crippen molar-refractivity contribution in [3.8, 4) is 6.07 Å². The normalized spacial score (nSPS) is 16.1. The smallest absolute Gasteiger partial charge is 0.253 e. The number of hydrogen-bond donors (Lipinski definition) is 0. The highest BCUT2D eigenvalue weighted by molar-refractivity contribution is 5.97. The van der Waals surface area contributed by atoms with Crippen molar-refractivity contribution in [2.75, 3.05) is 13.1 Å². The van der Waals surface area contributed by atoms with Gasteiger partial charge in [-0.05, 0) is 37.1 Å². The summed E-state index contributed by atoms with van der Waals surface area (Å²) in [7, 11) is 0. The number of likely N-dealkylation sites (tertiary alicyclic amines) is 1. The van der Waals surface area contributed by atoms with Crippen LogP contribution >= 0.6 is 0 Å². The van der Waals surface area contributed by atoms with Gasteiger partial charge in [0.25, 0.3) is 5.91 Å². The maximum atomic E-state index is 12.5. The van der Waals surface area contributed by atoms with Gasteiger partial charge in [0.15, 0.2) is 0 Å². The number of rotatable bonds is 1. The molecule has 1 aliphatic rings. The summed E-state index contributed by atoms with van der Waals surface area (Å²) in [4.78, 5) is 18.6. The molecule has 2 aromatic rings. The van der Waals surface area contributed by atoms with E-state index < -0.39 is 0 Å². The number of nitrogens with zero attached hydrogens (tertiary/aromatic N) is 3. The number of hydrogen-bond acceptors (Lipinski definition) is 3. The Hall–Kier alpha value is -2.41. The molecular weight excluding hydrogens is 250 g/mol. The summed E-state index contributed by atoms with van der Waals surface area (Å²) in [5.74, 6) is 0.145. The Morgan fingerprint density at radius 1 is 1.30 bits per heavy atom. The molecule has 100 valence electrons. The summed E-state index contributed by atoms with van der Waals surface area (Å²) < 4.78 is 0. The van der Waals surface area contributed by atoms with Crippen molar-refractivity contribution in [1.29, 1.82) is 5.26 Å². The molecule has 1 aromatic heterocycles. The van der Waals surface area contributed by atoms with Crippen LogP contribution in [0.4, 0.5) is 0 Å². The summed E-state index contributed by atoms with van der Waals surface area (Å²) >= 11 is 0. The summed E-state index contributed by atoms with van der Waals surface area (Å²) in [5, 5.41) is 9.87. The van der Waals surface area contributed by atoms with Gasteiger partial charge in [-0.1, -0.05) is 6.07 Å². The second-order valence-electron chi connectivity index (χ2n) is 5.11. The monoisotopic (exact) mass is 265 g/mol. The standard InChI is InChI=1S/C16H15N3O/c17-11-12-5-8-19(9-6-12)16(20)14-3-4-15-13(10-14)2-1-7-18-15/h1-4,7,10,12H,5-6,8-9H2. The van der Waals surface area contributed by atoms with Crippen LogP contribution in [0, 0.1) is 17.2 Å². The molecule has 0 spiro atoms. The Labute approximate surface area is 117 Å². The molecular formula is C16H15N3O. The molecule has 1 aliphatic heterocycles. The predicted octanol–water partition coefficient (Wildman–Crippen LogP) is 2.61. The van der Waals surface area contributed by atoms with E-state index in [9.17, 15) is 4.79 Å². The van der Waals surface area contributed by atoms with E-state index in [0.717, 1.165) is 23.7 Å². The topological polar surface area (TPSA) is 57.0 Å². The van der Waals surface area contributed by atoms with Gasteiger partial charge in [-0.3, -0.25) is 9.78 Å². The van der Waals surface area contributed by atoms with Gasteiger partial charge >= 0.3 is 0 Å². The molecule has 1 fully saturated rings. The lowest BCUT2D eigenvalue weighted by molar-refractivity contribution is 0.0707. The second kappa shape index (κ2) is 5.30. The lowest BCUT2D eigenvalue weighted by Gasteiger charge is -2.29. The molecule has 0 radical (unpaired) electrons. The van der Waals surface area contributed by atoms with Crippen molar-refractivity contribution in [1.82, 2.24) is 9.88 Å². The van der Waals surface area contributed by atoms with Gasteiger partial charge in [-0.25, -0.2) is 0 Å². The van der Waals surface area contributed by atoms with Crippen molar-refractivity contribution in [2.24, 2.45) is 5.92 Å². The molecule has 4 heteroatoms. The van der Waals surface area contributed by atoms with Gasteiger partial charge in [0.2, 0.25) is 0 Å². The quantitative estimate of drug-likeness (QED) is 0.796. The molecule has 2 heterocycles. The SMILES string of the molecule is N#CC1CCN(C(=O)c2ccc3ncccc3c2)CC1. The molecule has 0 saturated carbocycles. The van der Waals surface area contributed by atoms with Crippen LogP contribution in [-0.4, -0.2) is 28.9 Å². The highest BCUT2D eigenvalue weighted by Gasteiger charge is 2.23. The van der Waals surface area contributed by atoms with Gasteiger partial charge in [0, 0.05) is 36.2 Å². The number of aromatic nitrogens is 1. The number of amides is 1. The minimum absolute atomic E-state index is 0.0483. The number of piperidine rings is 1. The molecule has 4 nitrogen and oxygen atoms in total. The molecule has 0 atom stereocenters. The molecule has 0 aliphatic carbocycles. The first-order valence-electron chi connectivity index (χ1n) is 6.81. The Morgan fingerprint density at radius 2 is 2.10 bits per heavy atom. The number of pyridine rings is 1. The molecule has 0 bridgehead atoms. The maximum absolute atomic E-state index is 12.5. The van der Waals surface area contributed by atoms with E-state index in [2.05, 4.69) is 11.1 Å². The number of benzene rings is 1. The third kappa shape index (κ3) is 2.35. The lowest BCUT2D eigenvalue weighted by atomic mass is 9.98. The number of nitriles is 1. The highest BCUT2D eigenvalue weighted by Crippen LogP contribution is 2.20. The van der Waals surface area contributed by atoms with Crippen LogP contribution < -0.4 is 0 Å². The fraction of sp³-hybridized carbons (Fsp3) is 0.312. The largest absolute Gasteiger partial charge is 0.339 e. The molecule has 0 unspecified atom stereocenters. The molecule has 1 amide bonds. The minimum atomic E-state index is 0.0483. The van der Waals surface area contributed by atoms with Gasteiger partial charge in [-0.2, -0.15) is 5.26 Å². The average molecular weight is 265 g/mol. The summed E-state index contributed by atoms with van der Waals surface area (Å²) in [5.41, 5.74) is 1.59. The van der Waals surface area contributed by atoms with Crippen LogP contribution in [0.3, 0.4) is 0 Å². The molecule has 3 rings (SSSR count). The minimum Gasteiger partial charge on any atom is -0.339 e. The van der Waals surface area contributed by atoms with E-state index in [1.54, 1.807) is 6.20 Å². The molecule has 0 N–H and O–H groups in total. The van der Waals surface area contributed by atoms with Crippen LogP contribution in [0.1, 0.15) is 23.2 Å². The fourth-order valence-corrected chi connectivity index (χ4v) is 2.60. The van der Waals surface area contributed by atoms with E-state index in [1.165, 1.54) is 0 Å². The van der Waals surface area contributed by atoms with Crippen molar-refractivity contribution in [3.63, 3.8) is 0 Å². The van der Waals surface area contributed by atoms with Crippen molar-refractivity contribution >= 4 is 16.8 Å². The number of fused-ring (bicyclic) bond motifs is 1. The average Bonchev–Trinajstić information content (AvgIpc) is 2.54. The number of carbonyl (C=O) groups is 1. The summed E-state index contributed by atoms with van der Waals surface area (Å²) in [6.07, 6.45) is 3.30. The maximum Gasteiger partial charge on any atom is 0.253 e. The second-order valence-corrected chi connectivity index (χ2v) is 5.11. The highest BCUT2D eigenvalue weighted by atomic mass is 16.2. The van der Waals surface area contributed by atoms with Gasteiger partial charge < -0.3 is 4.90 Å². The third-order valence-corrected chi connectivity index (χ3v) is 3.81. The van der Waals surface area contributed by atoms with E-state index in [-0.39, 0.29) is 11.8 Å². The zero-order chi connectivity index (χ0) is 13.9. The van der Waals surface area contributed by atoms with Crippen LogP contribution in [0.25, 0.3) is 10.9 Å². The number of carbonyl (C=O) groups excluding carboxylic acids is 1. The van der Waals surface area contributed by atoms with Crippen molar-refractivity contribution in [2.45, 2.75) is 12.8 Å². The lowest BCUT2D eigenvalue weighted by Crippen LogP contribution is -2.38. The first-order chi connectivity index (χ1) is 9.78. The van der Waals surface area contributed by atoms with Crippen LogP contribution in [0.5, 0.6) is 0 Å². The van der Waals surface area contributed by atoms with E-state index in [4.69, 9.17) is 5.26 Å². The fourth-order valence-electron chi connectivity index (χ4n) is 2.60. The Bertz CT molecular complexity index is 681. The zero-order valence-electron chi connectivity index (χ0n) is 11.1. The van der Waals surface area contributed by atoms with Gasteiger partial charge in [0.05, 0.1) is 11.6 Å². The Morgan fingerprint density at radius 3 is 2.85 bits per heavy atom. The third-order valence-electron chi connectivity index (χ3n) is 3.81. The molecule has 1 aromatic carbocycles. The summed E-state index contributed by atoms with van der Waals surface area (Å²) in [6.45, 7) is 1.34. The van der Waals surface area contributed by atoms with Crippen LogP contribution in [0.15, 0.2) is 36.5 Å². The van der Waals surface area contributed by atoms with Gasteiger partial charge in [-0.15, -0.1) is 0 Å².